The van der Waals surface area contributed by atoms with Gasteiger partial charge in [0.05, 0.1) is 12.1 Å². The summed E-state index contributed by atoms with van der Waals surface area (Å²) in [7, 11) is 1.52. The van der Waals surface area contributed by atoms with Gasteiger partial charge in [0.15, 0.2) is 0 Å². The zero-order valence-corrected chi connectivity index (χ0v) is 20.0. The van der Waals surface area contributed by atoms with E-state index in [1.807, 2.05) is 48.5 Å². The molecule has 4 aromatic carbocycles. The SMILES string of the molecule is COc1ccc(-c2ccccc2C(=O)Nc2oc(-c3ccccc3)nc2-c2ccccc2Cl)c(O)c1. The summed E-state index contributed by atoms with van der Waals surface area (Å²) in [5.74, 6) is 0.600. The lowest BCUT2D eigenvalue weighted by Gasteiger charge is -2.12. The summed E-state index contributed by atoms with van der Waals surface area (Å²) in [5.41, 5.74) is 3.20. The van der Waals surface area contributed by atoms with Gasteiger partial charge in [0.25, 0.3) is 5.91 Å². The molecule has 7 heteroatoms. The lowest BCUT2D eigenvalue weighted by molar-refractivity contribution is 0.102. The van der Waals surface area contributed by atoms with Crippen LogP contribution < -0.4 is 10.1 Å². The second kappa shape index (κ2) is 9.98. The number of phenolic OH excluding ortho intramolecular Hbond substituents is 1. The second-order valence-electron chi connectivity index (χ2n) is 7.93. The molecule has 5 rings (SSSR count). The summed E-state index contributed by atoms with van der Waals surface area (Å²) in [6.45, 7) is 0. The highest BCUT2D eigenvalue weighted by Crippen LogP contribution is 2.38. The van der Waals surface area contributed by atoms with Gasteiger partial charge in [-0.1, -0.05) is 66.2 Å². The van der Waals surface area contributed by atoms with Crippen LogP contribution in [0.4, 0.5) is 5.88 Å². The smallest absolute Gasteiger partial charge is 0.258 e. The summed E-state index contributed by atoms with van der Waals surface area (Å²) >= 11 is 6.45. The van der Waals surface area contributed by atoms with Gasteiger partial charge in [0, 0.05) is 28.3 Å². The minimum absolute atomic E-state index is 0.00242. The van der Waals surface area contributed by atoms with Crippen LogP contribution in [-0.2, 0) is 0 Å². The van der Waals surface area contributed by atoms with Gasteiger partial charge in [-0.2, -0.15) is 0 Å². The number of ether oxygens (including phenoxy) is 1. The van der Waals surface area contributed by atoms with Gasteiger partial charge in [-0.3, -0.25) is 10.1 Å². The van der Waals surface area contributed by atoms with Crippen LogP contribution in [0.3, 0.4) is 0 Å². The summed E-state index contributed by atoms with van der Waals surface area (Å²) in [6, 6.07) is 28.5. The molecule has 0 atom stereocenters. The molecule has 0 bridgehead atoms. The van der Waals surface area contributed by atoms with E-state index in [1.165, 1.54) is 13.2 Å². The van der Waals surface area contributed by atoms with Crippen LogP contribution in [0.2, 0.25) is 5.02 Å². The fraction of sp³-hybridized carbons (Fsp3) is 0.0345. The number of carbonyl (C=O) groups excluding carboxylic acids is 1. The number of nitrogens with zero attached hydrogens (tertiary/aromatic N) is 1. The molecule has 0 saturated heterocycles. The van der Waals surface area contributed by atoms with Crippen LogP contribution in [0.15, 0.2) is 101 Å². The molecule has 36 heavy (non-hydrogen) atoms. The van der Waals surface area contributed by atoms with E-state index in [2.05, 4.69) is 10.3 Å². The molecule has 1 amide bonds. The van der Waals surface area contributed by atoms with E-state index < -0.39 is 5.91 Å². The van der Waals surface area contributed by atoms with Gasteiger partial charge in [0.2, 0.25) is 11.8 Å². The Labute approximate surface area is 212 Å². The molecule has 0 radical (unpaired) electrons. The number of amides is 1. The number of aromatic hydroxyl groups is 1. The van der Waals surface area contributed by atoms with E-state index in [4.69, 9.17) is 20.8 Å². The highest BCUT2D eigenvalue weighted by atomic mass is 35.5. The van der Waals surface area contributed by atoms with E-state index in [1.54, 1.807) is 42.5 Å². The summed E-state index contributed by atoms with van der Waals surface area (Å²) in [6.07, 6.45) is 0. The van der Waals surface area contributed by atoms with Crippen LogP contribution in [0, 0.1) is 0 Å². The van der Waals surface area contributed by atoms with E-state index >= 15 is 0 Å². The molecular formula is C29H21ClN2O4. The van der Waals surface area contributed by atoms with Crippen molar-refractivity contribution in [2.75, 3.05) is 12.4 Å². The third-order valence-corrected chi connectivity index (χ3v) is 6.00. The predicted octanol–water partition coefficient (Wildman–Crippen LogP) is 7.30. The molecule has 178 valence electrons. The van der Waals surface area contributed by atoms with Crippen molar-refractivity contribution in [3.05, 3.63) is 108 Å². The number of halogens is 1. The Morgan fingerprint density at radius 2 is 1.58 bits per heavy atom. The number of methoxy groups -OCH3 is 1. The molecule has 2 N–H and O–H groups in total. The van der Waals surface area contributed by atoms with Crippen LogP contribution in [0.5, 0.6) is 11.5 Å². The van der Waals surface area contributed by atoms with E-state index in [-0.39, 0.29) is 11.6 Å². The quantitative estimate of drug-likeness (QED) is 0.258. The number of nitrogens with one attached hydrogen (secondary N) is 1. The summed E-state index contributed by atoms with van der Waals surface area (Å²) in [5, 5.41) is 13.9. The molecular weight excluding hydrogens is 476 g/mol. The molecule has 0 aliphatic carbocycles. The van der Waals surface area contributed by atoms with E-state index in [0.29, 0.717) is 44.6 Å². The maximum Gasteiger partial charge on any atom is 0.258 e. The first-order chi connectivity index (χ1) is 17.5. The van der Waals surface area contributed by atoms with Crippen molar-refractivity contribution >= 4 is 23.4 Å². The Bertz CT molecular complexity index is 1550. The topological polar surface area (TPSA) is 84.6 Å². The Kier molecular flexibility index (Phi) is 6.43. The largest absolute Gasteiger partial charge is 0.507 e. The van der Waals surface area contributed by atoms with Gasteiger partial charge in [-0.25, -0.2) is 4.98 Å². The number of oxazole rings is 1. The lowest BCUT2D eigenvalue weighted by atomic mass is 9.98. The average Bonchev–Trinajstić information content (AvgIpc) is 3.32. The van der Waals surface area contributed by atoms with Gasteiger partial charge in [-0.15, -0.1) is 0 Å². The van der Waals surface area contributed by atoms with E-state index in [0.717, 1.165) is 5.56 Å². The maximum absolute atomic E-state index is 13.5. The number of aromatic nitrogens is 1. The van der Waals surface area contributed by atoms with Gasteiger partial charge in [-0.05, 0) is 42.0 Å². The number of hydrogen-bond acceptors (Lipinski definition) is 5. The first kappa shape index (κ1) is 23.2. The number of hydrogen-bond donors (Lipinski definition) is 2. The number of carbonyl (C=O) groups is 1. The van der Waals surface area contributed by atoms with Crippen molar-refractivity contribution in [3.63, 3.8) is 0 Å². The third-order valence-electron chi connectivity index (χ3n) is 5.67. The van der Waals surface area contributed by atoms with Crippen LogP contribution in [0.25, 0.3) is 33.8 Å². The zero-order valence-electron chi connectivity index (χ0n) is 19.2. The maximum atomic E-state index is 13.5. The van der Waals surface area contributed by atoms with Crippen molar-refractivity contribution in [1.82, 2.24) is 4.98 Å². The van der Waals surface area contributed by atoms with Crippen LogP contribution >= 0.6 is 11.6 Å². The first-order valence-electron chi connectivity index (χ1n) is 11.1. The molecule has 0 aliphatic heterocycles. The number of benzene rings is 4. The molecule has 6 nitrogen and oxygen atoms in total. The summed E-state index contributed by atoms with van der Waals surface area (Å²) < 4.78 is 11.2. The molecule has 1 aromatic heterocycles. The minimum Gasteiger partial charge on any atom is -0.507 e. The molecule has 5 aromatic rings. The van der Waals surface area contributed by atoms with Crippen molar-refractivity contribution in [3.8, 4) is 45.3 Å². The fourth-order valence-electron chi connectivity index (χ4n) is 3.90. The molecule has 0 spiro atoms. The van der Waals surface area contributed by atoms with Crippen molar-refractivity contribution in [1.29, 1.82) is 0 Å². The first-order valence-corrected chi connectivity index (χ1v) is 11.5. The average molecular weight is 497 g/mol. The number of anilines is 1. The zero-order chi connectivity index (χ0) is 25.1. The van der Waals surface area contributed by atoms with E-state index in [9.17, 15) is 9.90 Å². The van der Waals surface area contributed by atoms with Gasteiger partial charge >= 0.3 is 0 Å². The predicted molar refractivity (Wildman–Crippen MR) is 140 cm³/mol. The number of phenols is 1. The Hall–Kier alpha value is -4.55. The van der Waals surface area contributed by atoms with Crippen molar-refractivity contribution in [2.24, 2.45) is 0 Å². The van der Waals surface area contributed by atoms with Crippen LogP contribution in [-0.4, -0.2) is 23.1 Å². The van der Waals surface area contributed by atoms with Gasteiger partial charge in [0.1, 0.15) is 17.2 Å². The Balaban J connectivity index is 1.56. The van der Waals surface area contributed by atoms with Gasteiger partial charge < -0.3 is 14.3 Å². The highest BCUT2D eigenvalue weighted by molar-refractivity contribution is 6.33. The van der Waals surface area contributed by atoms with Crippen molar-refractivity contribution in [2.45, 2.75) is 0 Å². The molecule has 0 saturated carbocycles. The Morgan fingerprint density at radius 3 is 2.31 bits per heavy atom. The fourth-order valence-corrected chi connectivity index (χ4v) is 4.12. The standard InChI is InChI=1S/C29H21ClN2O4/c1-35-19-15-16-21(25(33)17-19)20-11-5-6-12-22(20)27(34)32-29-26(23-13-7-8-14-24(23)30)31-28(36-29)18-9-3-2-4-10-18/h2-17,33H,1H3,(H,32,34). The number of rotatable bonds is 6. The highest BCUT2D eigenvalue weighted by Gasteiger charge is 2.22. The molecule has 0 fully saturated rings. The molecule has 0 aliphatic rings. The van der Waals surface area contributed by atoms with Crippen molar-refractivity contribution < 1.29 is 19.1 Å². The van der Waals surface area contributed by atoms with Crippen LogP contribution in [0.1, 0.15) is 10.4 Å². The second-order valence-corrected chi connectivity index (χ2v) is 8.33. The molecule has 0 unspecified atom stereocenters. The third kappa shape index (κ3) is 4.54. The Morgan fingerprint density at radius 1 is 0.889 bits per heavy atom. The monoisotopic (exact) mass is 496 g/mol. The molecule has 1 heterocycles. The minimum atomic E-state index is -0.426. The normalized spacial score (nSPS) is 10.7. The summed E-state index contributed by atoms with van der Waals surface area (Å²) in [4.78, 5) is 18.2. The lowest BCUT2D eigenvalue weighted by Crippen LogP contribution is -2.13.